The molecule has 0 aliphatic rings. The molecule has 66 valence electrons. The van der Waals surface area contributed by atoms with Gasteiger partial charge in [-0.1, -0.05) is 0 Å². The highest BCUT2D eigenvalue weighted by Crippen LogP contribution is 2.04. The topological polar surface area (TPSA) is 42.2 Å². The molecule has 0 unspecified atom stereocenters. The Labute approximate surface area is 73.2 Å². The molecule has 1 aromatic rings. The molecule has 0 spiro atoms. The van der Waals surface area contributed by atoms with Gasteiger partial charge in [0.2, 0.25) is 0 Å². The fraction of sp³-hybridized carbons (Fsp3) is 0.444. The molecule has 1 amide bonds. The second kappa shape index (κ2) is 3.01. The number of rotatable bonds is 1. The zero-order chi connectivity index (χ0) is 10.1. The Bertz CT molecular complexity index is 312. The van der Waals surface area contributed by atoms with Crippen LogP contribution in [0.1, 0.15) is 32.7 Å². The molecular formula is C9H13NO2. The summed E-state index contributed by atoms with van der Waals surface area (Å²) in [6, 6.07) is 1.55. The molecule has 1 N–H and O–H groups in total. The van der Waals surface area contributed by atoms with E-state index in [1.165, 1.54) is 12.3 Å². The van der Waals surface area contributed by atoms with Gasteiger partial charge in [0.1, 0.15) is 0 Å². The number of nitrogens with one attached hydrogen (secondary N) is 1. The lowest BCUT2D eigenvalue weighted by molar-refractivity contribution is 0.0891. The number of carbonyl (C=O) groups excluding carboxylic acids is 1. The zero-order valence-electron chi connectivity index (χ0n) is 8.47. The predicted octanol–water partition coefficient (Wildman–Crippen LogP) is 1.81. The molecule has 0 bridgehead atoms. The maximum atomic E-state index is 11.4. The van der Waals surface area contributed by atoms with Gasteiger partial charge < -0.3 is 9.73 Å². The Morgan fingerprint density at radius 2 is 2.33 bits per heavy atom. The van der Waals surface area contributed by atoms with Crippen LogP contribution in [0.15, 0.2) is 22.8 Å². The lowest BCUT2D eigenvalue weighted by atomic mass is 10.1. The summed E-state index contributed by atoms with van der Waals surface area (Å²) in [6.07, 6.45) is 1.33. The number of furan rings is 1. The van der Waals surface area contributed by atoms with E-state index in [2.05, 4.69) is 5.32 Å². The van der Waals surface area contributed by atoms with E-state index < -0.39 is 0 Å². The third kappa shape index (κ3) is 2.42. The van der Waals surface area contributed by atoms with E-state index in [9.17, 15) is 4.79 Å². The average molecular weight is 168 g/mol. The summed E-state index contributed by atoms with van der Waals surface area (Å²) >= 11 is 0. The summed E-state index contributed by atoms with van der Waals surface area (Å²) < 4.78 is 12.2. The molecule has 0 aliphatic heterocycles. The van der Waals surface area contributed by atoms with Gasteiger partial charge >= 0.3 is 0 Å². The van der Waals surface area contributed by atoms with Crippen LogP contribution in [-0.2, 0) is 0 Å². The average Bonchev–Trinajstić information content (AvgIpc) is 2.30. The number of hydrogen-bond acceptors (Lipinski definition) is 2. The van der Waals surface area contributed by atoms with Crippen molar-refractivity contribution in [2.75, 3.05) is 0 Å². The van der Waals surface area contributed by atoms with Crippen molar-refractivity contribution in [1.29, 1.82) is 0 Å². The second-order valence-corrected chi connectivity index (χ2v) is 3.60. The van der Waals surface area contributed by atoms with Crippen molar-refractivity contribution in [3.8, 4) is 0 Å². The first-order valence-electron chi connectivity index (χ1n) is 4.27. The van der Waals surface area contributed by atoms with Crippen LogP contribution in [0.2, 0.25) is 0 Å². The molecule has 0 aliphatic carbocycles. The first-order chi connectivity index (χ1) is 5.90. The molecule has 0 saturated heterocycles. The van der Waals surface area contributed by atoms with Gasteiger partial charge in [-0.25, -0.2) is 0 Å². The zero-order valence-corrected chi connectivity index (χ0v) is 7.47. The standard InChI is InChI=1S/C9H13NO2/c1-9(2,3)10-8(11)7-5-4-6-12-7/h4-6H,1-3H3,(H,10,11)/i5D. The minimum atomic E-state index is -0.345. The third-order valence-corrected chi connectivity index (χ3v) is 1.16. The summed E-state index contributed by atoms with van der Waals surface area (Å²) in [4.78, 5) is 11.4. The normalized spacial score (nSPS) is 12.4. The highest BCUT2D eigenvalue weighted by atomic mass is 16.3. The summed E-state index contributed by atoms with van der Waals surface area (Å²) in [7, 11) is 0. The van der Waals surface area contributed by atoms with E-state index in [4.69, 9.17) is 5.79 Å². The van der Waals surface area contributed by atoms with Crippen LogP contribution in [0.4, 0.5) is 0 Å². The molecule has 0 fully saturated rings. The van der Waals surface area contributed by atoms with Gasteiger partial charge in [-0.15, -0.1) is 0 Å². The lowest BCUT2D eigenvalue weighted by Crippen LogP contribution is -2.40. The van der Waals surface area contributed by atoms with Gasteiger partial charge in [0.15, 0.2) is 5.76 Å². The Morgan fingerprint density at radius 1 is 1.67 bits per heavy atom. The molecule has 1 aromatic heterocycles. The minimum absolute atomic E-state index is 0.0647. The fourth-order valence-electron chi connectivity index (χ4n) is 0.762. The van der Waals surface area contributed by atoms with Gasteiger partial charge in [-0.05, 0) is 32.9 Å². The van der Waals surface area contributed by atoms with E-state index in [1.807, 2.05) is 20.8 Å². The van der Waals surface area contributed by atoms with Crippen molar-refractivity contribution in [2.24, 2.45) is 0 Å². The van der Waals surface area contributed by atoms with E-state index in [0.29, 0.717) is 0 Å². The van der Waals surface area contributed by atoms with Gasteiger partial charge in [0.25, 0.3) is 5.91 Å². The van der Waals surface area contributed by atoms with Crippen LogP contribution in [0.3, 0.4) is 0 Å². The Balaban J connectivity index is 2.76. The van der Waals surface area contributed by atoms with Crippen molar-refractivity contribution in [3.05, 3.63) is 24.1 Å². The summed E-state index contributed by atoms with van der Waals surface area (Å²) in [5.74, 6) is -0.280. The van der Waals surface area contributed by atoms with Gasteiger partial charge in [-0.2, -0.15) is 0 Å². The molecule has 0 aromatic carbocycles. The van der Waals surface area contributed by atoms with Crippen molar-refractivity contribution in [2.45, 2.75) is 26.3 Å². The van der Waals surface area contributed by atoms with Crippen LogP contribution < -0.4 is 5.32 Å². The fourth-order valence-corrected chi connectivity index (χ4v) is 0.762. The molecule has 0 saturated carbocycles. The Hall–Kier alpha value is -1.25. The number of hydrogen-bond donors (Lipinski definition) is 1. The Morgan fingerprint density at radius 3 is 2.75 bits per heavy atom. The predicted molar refractivity (Wildman–Crippen MR) is 45.9 cm³/mol. The molecule has 0 radical (unpaired) electrons. The minimum Gasteiger partial charge on any atom is -0.459 e. The largest absolute Gasteiger partial charge is 0.459 e. The van der Waals surface area contributed by atoms with Crippen molar-refractivity contribution >= 4 is 5.91 Å². The molecule has 1 rings (SSSR count). The maximum Gasteiger partial charge on any atom is 0.287 e. The quantitative estimate of drug-likeness (QED) is 0.694. The molecule has 3 nitrogen and oxygen atoms in total. The van der Waals surface area contributed by atoms with E-state index in [-0.39, 0.29) is 23.2 Å². The molecular weight excluding hydrogens is 154 g/mol. The maximum absolute atomic E-state index is 11.4. The lowest BCUT2D eigenvalue weighted by Gasteiger charge is -2.19. The van der Waals surface area contributed by atoms with Crippen molar-refractivity contribution in [1.82, 2.24) is 5.32 Å². The van der Waals surface area contributed by atoms with Crippen LogP contribution in [0.25, 0.3) is 0 Å². The first-order valence-corrected chi connectivity index (χ1v) is 3.77. The summed E-state index contributed by atoms with van der Waals surface area (Å²) in [5.41, 5.74) is -0.309. The second-order valence-electron chi connectivity index (χ2n) is 3.60. The molecule has 12 heavy (non-hydrogen) atoms. The molecule has 3 heteroatoms. The summed E-state index contributed by atoms with van der Waals surface area (Å²) in [6.45, 7) is 5.62. The van der Waals surface area contributed by atoms with E-state index >= 15 is 0 Å². The van der Waals surface area contributed by atoms with Crippen molar-refractivity contribution < 1.29 is 10.6 Å². The highest BCUT2D eigenvalue weighted by Gasteiger charge is 2.16. The number of amides is 1. The summed E-state index contributed by atoms with van der Waals surface area (Å²) in [5, 5.41) is 2.71. The smallest absolute Gasteiger partial charge is 0.287 e. The first kappa shape index (κ1) is 7.40. The van der Waals surface area contributed by atoms with Crippen LogP contribution >= 0.6 is 0 Å². The van der Waals surface area contributed by atoms with E-state index in [1.54, 1.807) is 0 Å². The van der Waals surface area contributed by atoms with Crippen LogP contribution in [0, 0.1) is 0 Å². The monoisotopic (exact) mass is 168 g/mol. The number of carbonyl (C=O) groups is 1. The van der Waals surface area contributed by atoms with E-state index in [0.717, 1.165) is 0 Å². The molecule has 0 atom stereocenters. The Kier molecular flexibility index (Phi) is 1.86. The SMILES string of the molecule is [2H]c1ccoc1C(=O)NC(C)(C)C. The van der Waals surface area contributed by atoms with Crippen molar-refractivity contribution in [3.63, 3.8) is 0 Å². The highest BCUT2D eigenvalue weighted by molar-refractivity contribution is 5.91. The van der Waals surface area contributed by atoms with Crippen LogP contribution in [-0.4, -0.2) is 11.4 Å². The molecule has 1 heterocycles. The van der Waals surface area contributed by atoms with Gasteiger partial charge in [0, 0.05) is 5.54 Å². The van der Waals surface area contributed by atoms with Gasteiger partial charge in [0.05, 0.1) is 7.63 Å². The van der Waals surface area contributed by atoms with Crippen LogP contribution in [0.5, 0.6) is 0 Å². The third-order valence-electron chi connectivity index (χ3n) is 1.16. The van der Waals surface area contributed by atoms with Gasteiger partial charge in [-0.3, -0.25) is 4.79 Å².